The molecule has 4 rings (SSSR count). The molecular weight excluding hydrogens is 356 g/mol. The molecule has 6 heteroatoms. The summed E-state index contributed by atoms with van der Waals surface area (Å²) < 4.78 is 4.47. The van der Waals surface area contributed by atoms with Crippen molar-refractivity contribution < 1.29 is 0 Å². The highest BCUT2D eigenvalue weighted by molar-refractivity contribution is 9.10. The van der Waals surface area contributed by atoms with Gasteiger partial charge >= 0.3 is 0 Å². The third-order valence-corrected chi connectivity index (χ3v) is 4.87. The molecule has 1 aromatic carbocycles. The lowest BCUT2D eigenvalue weighted by Crippen LogP contribution is -2.22. The summed E-state index contributed by atoms with van der Waals surface area (Å²) in [4.78, 5) is 21.5. The molecule has 0 atom stereocenters. The van der Waals surface area contributed by atoms with E-state index in [0.29, 0.717) is 5.65 Å². The number of pyridine rings is 1. The molecule has 0 radical (unpaired) electrons. The van der Waals surface area contributed by atoms with Crippen LogP contribution in [-0.4, -0.2) is 18.9 Å². The van der Waals surface area contributed by atoms with E-state index in [1.165, 1.54) is 0 Å². The summed E-state index contributed by atoms with van der Waals surface area (Å²) in [6, 6.07) is 7.75. The van der Waals surface area contributed by atoms with E-state index in [-0.39, 0.29) is 5.56 Å². The lowest BCUT2D eigenvalue weighted by molar-refractivity contribution is 0.979. The van der Waals surface area contributed by atoms with Crippen molar-refractivity contribution in [3.63, 3.8) is 0 Å². The van der Waals surface area contributed by atoms with E-state index < -0.39 is 0 Å². The molecule has 0 fully saturated rings. The Morgan fingerprint density at radius 1 is 1.09 bits per heavy atom. The van der Waals surface area contributed by atoms with Crippen molar-refractivity contribution in [2.24, 2.45) is 0 Å². The molecule has 0 aliphatic rings. The number of hydrogen-bond donors (Lipinski definition) is 0. The summed E-state index contributed by atoms with van der Waals surface area (Å²) in [5.74, 6) is 0. The molecular formula is C17H13BrN4O. The number of aromatic nitrogens is 4. The fourth-order valence-electron chi connectivity index (χ4n) is 2.84. The lowest BCUT2D eigenvalue weighted by Gasteiger charge is -2.14. The van der Waals surface area contributed by atoms with Crippen LogP contribution in [0.2, 0.25) is 0 Å². The molecule has 0 spiro atoms. The first-order valence-corrected chi connectivity index (χ1v) is 7.97. The Kier molecular flexibility index (Phi) is 3.09. The molecule has 0 saturated carbocycles. The highest BCUT2D eigenvalue weighted by Crippen LogP contribution is 2.26. The van der Waals surface area contributed by atoms with Crippen molar-refractivity contribution in [3.05, 3.63) is 68.9 Å². The highest BCUT2D eigenvalue weighted by Gasteiger charge is 2.15. The fraction of sp³-hybridized carbons (Fsp3) is 0.118. The molecule has 23 heavy (non-hydrogen) atoms. The monoisotopic (exact) mass is 368 g/mol. The normalized spacial score (nSPS) is 11.4. The van der Waals surface area contributed by atoms with Crippen molar-refractivity contribution >= 4 is 32.6 Å². The van der Waals surface area contributed by atoms with E-state index in [1.54, 1.807) is 17.0 Å². The smallest absolute Gasteiger partial charge is 0.294 e. The number of halogens is 1. The summed E-state index contributed by atoms with van der Waals surface area (Å²) in [5.41, 5.74) is 4.65. The standard InChI is InChI=1S/C17H13BrN4O/c1-10-8-14-15(9-12(10)18)22(13-4-3-5-19-11(13)2)17(23)16-20-6-7-21(14)16/h3-9H,1-2H3. The molecule has 0 aliphatic carbocycles. The van der Waals surface area contributed by atoms with Gasteiger partial charge in [0.05, 0.1) is 22.4 Å². The Morgan fingerprint density at radius 3 is 2.70 bits per heavy atom. The van der Waals surface area contributed by atoms with E-state index >= 15 is 0 Å². The Labute approximate surface area is 140 Å². The fourth-order valence-corrected chi connectivity index (χ4v) is 3.18. The van der Waals surface area contributed by atoms with Crippen LogP contribution in [0.25, 0.3) is 22.4 Å². The average Bonchev–Trinajstić information content (AvgIpc) is 3.01. The maximum Gasteiger partial charge on any atom is 0.299 e. The maximum atomic E-state index is 13.0. The first kappa shape index (κ1) is 14.1. The second-order valence-electron chi connectivity index (χ2n) is 5.46. The molecule has 4 aromatic rings. The molecule has 5 nitrogen and oxygen atoms in total. The van der Waals surface area contributed by atoms with Gasteiger partial charge in [-0.1, -0.05) is 15.9 Å². The van der Waals surface area contributed by atoms with Gasteiger partial charge in [0, 0.05) is 23.1 Å². The van der Waals surface area contributed by atoms with Gasteiger partial charge < -0.3 is 0 Å². The Morgan fingerprint density at radius 2 is 1.91 bits per heavy atom. The van der Waals surface area contributed by atoms with Gasteiger partial charge in [0.15, 0.2) is 0 Å². The summed E-state index contributed by atoms with van der Waals surface area (Å²) in [6.45, 7) is 3.92. The number of hydrogen-bond acceptors (Lipinski definition) is 3. The van der Waals surface area contributed by atoms with Gasteiger partial charge in [-0.2, -0.15) is 0 Å². The summed E-state index contributed by atoms with van der Waals surface area (Å²) in [7, 11) is 0. The van der Waals surface area contributed by atoms with E-state index in [9.17, 15) is 4.79 Å². The van der Waals surface area contributed by atoms with E-state index in [1.807, 2.05) is 42.6 Å². The first-order chi connectivity index (χ1) is 11.1. The Hall–Kier alpha value is -2.47. The average molecular weight is 369 g/mol. The number of rotatable bonds is 1. The molecule has 3 heterocycles. The van der Waals surface area contributed by atoms with Gasteiger partial charge in [-0.25, -0.2) is 4.98 Å². The number of aryl methyl sites for hydroxylation is 2. The molecule has 0 amide bonds. The van der Waals surface area contributed by atoms with Crippen LogP contribution in [0.15, 0.2) is 52.1 Å². The van der Waals surface area contributed by atoms with Gasteiger partial charge in [-0.3, -0.25) is 18.7 Å². The quantitative estimate of drug-likeness (QED) is 0.517. The summed E-state index contributed by atoms with van der Waals surface area (Å²) >= 11 is 3.57. The number of fused-ring (bicyclic) bond motifs is 3. The van der Waals surface area contributed by atoms with Crippen molar-refractivity contribution in [1.29, 1.82) is 0 Å². The SMILES string of the molecule is Cc1cc2c(cc1Br)n(-c1cccnc1C)c(=O)c1nccn12. The van der Waals surface area contributed by atoms with Crippen LogP contribution < -0.4 is 5.56 Å². The molecule has 0 N–H and O–H groups in total. The second kappa shape index (κ2) is 5.03. The lowest BCUT2D eigenvalue weighted by atomic mass is 10.2. The predicted molar refractivity (Wildman–Crippen MR) is 93.3 cm³/mol. The minimum atomic E-state index is -0.158. The number of benzene rings is 1. The van der Waals surface area contributed by atoms with Crippen LogP contribution in [0, 0.1) is 13.8 Å². The van der Waals surface area contributed by atoms with Crippen LogP contribution in [0.1, 0.15) is 11.3 Å². The van der Waals surface area contributed by atoms with E-state index in [4.69, 9.17) is 0 Å². The van der Waals surface area contributed by atoms with E-state index in [2.05, 4.69) is 32.0 Å². The van der Waals surface area contributed by atoms with Gasteiger partial charge in [0.25, 0.3) is 5.56 Å². The third-order valence-electron chi connectivity index (χ3n) is 4.01. The van der Waals surface area contributed by atoms with Gasteiger partial charge in [0.2, 0.25) is 5.65 Å². The molecule has 0 saturated heterocycles. The van der Waals surface area contributed by atoms with Crippen LogP contribution in [-0.2, 0) is 0 Å². The molecule has 3 aromatic heterocycles. The largest absolute Gasteiger partial charge is 0.299 e. The second-order valence-corrected chi connectivity index (χ2v) is 6.31. The van der Waals surface area contributed by atoms with Gasteiger partial charge in [0.1, 0.15) is 0 Å². The Balaban J connectivity index is 2.30. The van der Waals surface area contributed by atoms with Crippen molar-refractivity contribution in [2.45, 2.75) is 13.8 Å². The van der Waals surface area contributed by atoms with Crippen LogP contribution in [0.5, 0.6) is 0 Å². The van der Waals surface area contributed by atoms with Crippen molar-refractivity contribution in [1.82, 2.24) is 18.9 Å². The van der Waals surface area contributed by atoms with Gasteiger partial charge in [-0.05, 0) is 43.7 Å². The summed E-state index contributed by atoms with van der Waals surface area (Å²) in [5, 5.41) is 0. The van der Waals surface area contributed by atoms with Crippen LogP contribution >= 0.6 is 15.9 Å². The van der Waals surface area contributed by atoms with Crippen molar-refractivity contribution in [3.8, 4) is 5.69 Å². The molecule has 0 bridgehead atoms. The highest BCUT2D eigenvalue weighted by atomic mass is 79.9. The minimum absolute atomic E-state index is 0.158. The van der Waals surface area contributed by atoms with Crippen LogP contribution in [0.4, 0.5) is 0 Å². The van der Waals surface area contributed by atoms with Crippen molar-refractivity contribution in [2.75, 3.05) is 0 Å². The minimum Gasteiger partial charge on any atom is -0.294 e. The zero-order chi connectivity index (χ0) is 16.1. The zero-order valence-electron chi connectivity index (χ0n) is 12.6. The van der Waals surface area contributed by atoms with E-state index in [0.717, 1.165) is 32.5 Å². The predicted octanol–water partition coefficient (Wildman–Crippen LogP) is 3.41. The number of nitrogens with zero attached hydrogens (tertiary/aromatic N) is 4. The molecule has 0 aliphatic heterocycles. The third kappa shape index (κ3) is 2.02. The maximum absolute atomic E-state index is 13.0. The molecule has 114 valence electrons. The Bertz CT molecular complexity index is 1130. The number of imidazole rings is 1. The topological polar surface area (TPSA) is 52.2 Å². The molecule has 0 unspecified atom stereocenters. The first-order valence-electron chi connectivity index (χ1n) is 7.18. The van der Waals surface area contributed by atoms with Gasteiger partial charge in [-0.15, -0.1) is 0 Å². The zero-order valence-corrected chi connectivity index (χ0v) is 14.2. The summed E-state index contributed by atoms with van der Waals surface area (Å²) in [6.07, 6.45) is 5.18. The van der Waals surface area contributed by atoms with Crippen LogP contribution in [0.3, 0.4) is 0 Å².